The van der Waals surface area contributed by atoms with Gasteiger partial charge in [0.1, 0.15) is 0 Å². The van der Waals surface area contributed by atoms with Crippen LogP contribution in [0, 0.1) is 5.92 Å². The first-order valence-corrected chi connectivity index (χ1v) is 20.1. The van der Waals surface area contributed by atoms with Crippen molar-refractivity contribution in [2.75, 3.05) is 0 Å². The van der Waals surface area contributed by atoms with Crippen LogP contribution in [0.4, 0.5) is 4.79 Å². The molecule has 1 N–H and O–H groups in total. The van der Waals surface area contributed by atoms with E-state index < -0.39 is 24.0 Å². The SMILES string of the molecule is C=CC/C(=[CH]\[Sn]([CH2]CCC)([CH2]CCC)[CH2]CCC)[C@@H](NC(=O)OC(C)(C)C)C(C)C. The second kappa shape index (κ2) is 15.4. The number of alkyl carbamates (subject to hydrolysis) is 1. The molecule has 0 fully saturated rings. The third kappa shape index (κ3) is 12.4. The molecular weight excluding hydrogens is 477 g/mol. The van der Waals surface area contributed by atoms with E-state index in [1.54, 1.807) is 0 Å². The minimum absolute atomic E-state index is 0.0128. The van der Waals surface area contributed by atoms with E-state index >= 15 is 0 Å². The standard InChI is InChI=1S/C14H24NO2.3C4H9.Sn/c1-8-9-11(4)12(10(2)3)15-13(16)17-14(5,6)7;3*1-3-4-2;/h4,8,10,12H,1,9H2,2-3,5-7H3,(H,15,16);3*1,3-4H2,2H3;/t12-;;;;/m0..../s1. The van der Waals surface area contributed by atoms with E-state index in [1.807, 2.05) is 26.8 Å². The number of amides is 1. The van der Waals surface area contributed by atoms with Crippen LogP contribution in [0.2, 0.25) is 13.3 Å². The summed E-state index contributed by atoms with van der Waals surface area (Å²) in [6.45, 7) is 21.1. The summed E-state index contributed by atoms with van der Waals surface area (Å²) in [6, 6.07) is 0.0128. The van der Waals surface area contributed by atoms with Gasteiger partial charge in [-0.1, -0.05) is 0 Å². The first kappa shape index (κ1) is 29.5. The van der Waals surface area contributed by atoms with Crippen LogP contribution in [0.5, 0.6) is 0 Å². The van der Waals surface area contributed by atoms with Crippen molar-refractivity contribution in [1.82, 2.24) is 5.32 Å². The van der Waals surface area contributed by atoms with Crippen molar-refractivity contribution in [3.8, 4) is 0 Å². The molecule has 176 valence electrons. The van der Waals surface area contributed by atoms with Gasteiger partial charge in [0.15, 0.2) is 0 Å². The van der Waals surface area contributed by atoms with Crippen LogP contribution in [0.15, 0.2) is 22.3 Å². The van der Waals surface area contributed by atoms with Crippen LogP contribution >= 0.6 is 0 Å². The molecule has 0 unspecified atom stereocenters. The second-order valence-electron chi connectivity index (χ2n) is 10.3. The summed E-state index contributed by atoms with van der Waals surface area (Å²) in [5.41, 5.74) is 0.894. The van der Waals surface area contributed by atoms with E-state index in [2.05, 4.69) is 50.6 Å². The van der Waals surface area contributed by atoms with Crippen molar-refractivity contribution in [2.45, 2.75) is 125 Å². The van der Waals surface area contributed by atoms with Crippen molar-refractivity contribution in [2.24, 2.45) is 5.92 Å². The first-order valence-electron chi connectivity index (χ1n) is 12.4. The van der Waals surface area contributed by atoms with Crippen LogP contribution in [0.1, 0.15) is 100 Å². The van der Waals surface area contributed by atoms with Crippen molar-refractivity contribution >= 4 is 24.5 Å². The fourth-order valence-corrected chi connectivity index (χ4v) is 19.7. The van der Waals surface area contributed by atoms with E-state index in [1.165, 1.54) is 57.4 Å². The van der Waals surface area contributed by atoms with Crippen LogP contribution in [-0.2, 0) is 4.74 Å². The van der Waals surface area contributed by atoms with Gasteiger partial charge in [0, 0.05) is 0 Å². The molecule has 1 amide bonds. The zero-order chi connectivity index (χ0) is 23.2. The molecule has 0 aromatic rings. The Bertz CT molecular complexity index is 498. The maximum atomic E-state index is 12.6. The molecule has 0 spiro atoms. The summed E-state index contributed by atoms with van der Waals surface area (Å²) in [4.78, 5) is 12.6. The molecule has 0 rings (SSSR count). The van der Waals surface area contributed by atoms with E-state index in [0.717, 1.165) is 6.42 Å². The number of ether oxygens (including phenoxy) is 1. The van der Waals surface area contributed by atoms with E-state index in [0.29, 0.717) is 5.92 Å². The molecule has 0 aromatic carbocycles. The molecule has 1 atom stereocenters. The Kier molecular flexibility index (Phi) is 15.1. The third-order valence-corrected chi connectivity index (χ3v) is 20.1. The molecular formula is C26H51NO2Sn. The maximum absolute atomic E-state index is 12.6. The van der Waals surface area contributed by atoms with E-state index in [-0.39, 0.29) is 12.1 Å². The molecule has 0 saturated heterocycles. The Morgan fingerprint density at radius 3 is 1.80 bits per heavy atom. The fraction of sp³-hybridized carbons (Fsp3) is 0.808. The minimum atomic E-state index is -2.48. The molecule has 0 heterocycles. The number of hydrogen-bond acceptors (Lipinski definition) is 2. The van der Waals surface area contributed by atoms with Gasteiger partial charge in [0.2, 0.25) is 0 Å². The molecule has 0 saturated carbocycles. The monoisotopic (exact) mass is 529 g/mol. The molecule has 0 aromatic heterocycles. The van der Waals surface area contributed by atoms with Gasteiger partial charge < -0.3 is 0 Å². The summed E-state index contributed by atoms with van der Waals surface area (Å²) < 4.78 is 12.6. The number of carbonyl (C=O) groups is 1. The Morgan fingerprint density at radius 2 is 1.47 bits per heavy atom. The summed E-state index contributed by atoms with van der Waals surface area (Å²) in [7, 11) is 0. The summed E-state index contributed by atoms with van der Waals surface area (Å²) in [6.07, 6.45) is 10.4. The average Bonchev–Trinajstić information content (AvgIpc) is 2.65. The van der Waals surface area contributed by atoms with Crippen molar-refractivity contribution < 1.29 is 9.53 Å². The molecule has 0 aliphatic heterocycles. The van der Waals surface area contributed by atoms with Crippen molar-refractivity contribution in [1.29, 1.82) is 0 Å². The van der Waals surface area contributed by atoms with Gasteiger partial charge in [-0.2, -0.15) is 0 Å². The predicted octanol–water partition coefficient (Wildman–Crippen LogP) is 8.43. The van der Waals surface area contributed by atoms with Gasteiger partial charge in [-0.25, -0.2) is 0 Å². The quantitative estimate of drug-likeness (QED) is 0.171. The summed E-state index contributed by atoms with van der Waals surface area (Å²) in [5.74, 6) is 0.316. The number of rotatable bonds is 15. The predicted molar refractivity (Wildman–Crippen MR) is 136 cm³/mol. The van der Waals surface area contributed by atoms with Gasteiger partial charge in [0.05, 0.1) is 0 Å². The fourth-order valence-electron chi connectivity index (χ4n) is 4.14. The summed E-state index contributed by atoms with van der Waals surface area (Å²) in [5, 5.41) is 3.21. The van der Waals surface area contributed by atoms with E-state index in [4.69, 9.17) is 4.74 Å². The molecule has 3 nitrogen and oxygen atoms in total. The van der Waals surface area contributed by atoms with Gasteiger partial charge in [-0.3, -0.25) is 0 Å². The first-order chi connectivity index (χ1) is 14.0. The summed E-state index contributed by atoms with van der Waals surface area (Å²) >= 11 is -2.48. The second-order valence-corrected chi connectivity index (χ2v) is 23.1. The van der Waals surface area contributed by atoms with Crippen LogP contribution < -0.4 is 5.32 Å². The molecule has 30 heavy (non-hydrogen) atoms. The Balaban J connectivity index is 6.05. The molecule has 0 bridgehead atoms. The Labute approximate surface area is 192 Å². The third-order valence-electron chi connectivity index (χ3n) is 5.69. The number of hydrogen-bond donors (Lipinski definition) is 1. The van der Waals surface area contributed by atoms with E-state index in [9.17, 15) is 4.79 Å². The van der Waals surface area contributed by atoms with Crippen LogP contribution in [0.3, 0.4) is 0 Å². The van der Waals surface area contributed by atoms with Crippen LogP contribution in [-0.4, -0.2) is 36.1 Å². The number of nitrogens with one attached hydrogen (secondary N) is 1. The van der Waals surface area contributed by atoms with Gasteiger partial charge in [-0.05, 0) is 0 Å². The molecule has 0 aliphatic rings. The Hall–Kier alpha value is -0.451. The van der Waals surface area contributed by atoms with Gasteiger partial charge in [0.25, 0.3) is 0 Å². The number of carbonyl (C=O) groups excluding carboxylic acids is 1. The average molecular weight is 528 g/mol. The van der Waals surface area contributed by atoms with Gasteiger partial charge >= 0.3 is 193 Å². The zero-order valence-corrected chi connectivity index (χ0v) is 24.3. The Morgan fingerprint density at radius 1 is 1.00 bits per heavy atom. The molecule has 0 aliphatic carbocycles. The molecule has 4 heteroatoms. The number of unbranched alkanes of at least 4 members (excludes halogenated alkanes) is 3. The topological polar surface area (TPSA) is 38.3 Å². The van der Waals surface area contributed by atoms with Crippen molar-refractivity contribution in [3.05, 3.63) is 22.3 Å². The van der Waals surface area contributed by atoms with Crippen molar-refractivity contribution in [3.63, 3.8) is 0 Å². The number of allylic oxidation sites excluding steroid dienone is 1. The normalized spacial score (nSPS) is 14.0. The van der Waals surface area contributed by atoms with Crippen LogP contribution in [0.25, 0.3) is 0 Å². The zero-order valence-electron chi connectivity index (χ0n) is 21.4. The van der Waals surface area contributed by atoms with Gasteiger partial charge in [-0.15, -0.1) is 0 Å². The molecule has 0 radical (unpaired) electrons.